The topological polar surface area (TPSA) is 66.0 Å². The highest BCUT2D eigenvalue weighted by Gasteiger charge is 2.24. The lowest BCUT2D eigenvalue weighted by atomic mass is 10.0. The van der Waals surface area contributed by atoms with Crippen molar-refractivity contribution in [1.82, 2.24) is 14.8 Å². The number of nitrogens with two attached hydrogens (primary N) is 1. The van der Waals surface area contributed by atoms with Gasteiger partial charge in [0.2, 0.25) is 0 Å². The number of fused-ring (bicyclic) bond motifs is 1. The van der Waals surface area contributed by atoms with E-state index in [4.69, 9.17) is 10.5 Å². The molecule has 0 aliphatic carbocycles. The van der Waals surface area contributed by atoms with Crippen LogP contribution >= 0.6 is 0 Å². The third-order valence-electron chi connectivity index (χ3n) is 2.97. The van der Waals surface area contributed by atoms with E-state index < -0.39 is 0 Å². The first-order valence-electron chi connectivity index (χ1n) is 5.67. The maximum Gasteiger partial charge on any atom is 0.164 e. The van der Waals surface area contributed by atoms with Crippen LogP contribution in [0.3, 0.4) is 0 Å². The third kappa shape index (κ3) is 1.89. The van der Waals surface area contributed by atoms with Gasteiger partial charge in [-0.1, -0.05) is 18.2 Å². The number of hydrogen-bond donors (Lipinski definition) is 1. The zero-order chi connectivity index (χ0) is 11.7. The molecule has 1 aliphatic rings. The molecule has 17 heavy (non-hydrogen) atoms. The maximum absolute atomic E-state index is 5.63. The van der Waals surface area contributed by atoms with Gasteiger partial charge in [-0.2, -0.15) is 5.10 Å². The van der Waals surface area contributed by atoms with Crippen molar-refractivity contribution in [1.29, 1.82) is 0 Å². The molecule has 1 aromatic heterocycles. The second kappa shape index (κ2) is 4.18. The predicted octanol–water partition coefficient (Wildman–Crippen LogP) is 0.913. The van der Waals surface area contributed by atoms with Gasteiger partial charge < -0.3 is 10.5 Å². The quantitative estimate of drug-likeness (QED) is 0.851. The van der Waals surface area contributed by atoms with Crippen molar-refractivity contribution < 1.29 is 4.74 Å². The van der Waals surface area contributed by atoms with Crippen molar-refractivity contribution >= 4 is 0 Å². The summed E-state index contributed by atoms with van der Waals surface area (Å²) in [6, 6.07) is 8.13. The average Bonchev–Trinajstić information content (AvgIpc) is 2.97. The number of para-hydroxylation sites is 1. The van der Waals surface area contributed by atoms with Gasteiger partial charge in [0.05, 0.1) is 19.7 Å². The van der Waals surface area contributed by atoms with Gasteiger partial charge in [-0.15, -0.1) is 0 Å². The van der Waals surface area contributed by atoms with E-state index in [2.05, 4.69) is 16.1 Å². The number of benzene rings is 1. The molecule has 0 bridgehead atoms. The van der Waals surface area contributed by atoms with Crippen molar-refractivity contribution in [3.05, 3.63) is 42.0 Å². The van der Waals surface area contributed by atoms with Crippen molar-refractivity contribution in [2.24, 2.45) is 5.73 Å². The molecular weight excluding hydrogens is 216 g/mol. The fourth-order valence-electron chi connectivity index (χ4n) is 2.12. The molecule has 5 nitrogen and oxygen atoms in total. The molecule has 1 aromatic carbocycles. The smallest absolute Gasteiger partial charge is 0.164 e. The molecule has 0 radical (unpaired) electrons. The molecule has 1 aliphatic heterocycles. The molecule has 2 heterocycles. The Balaban J connectivity index is 1.79. The fourth-order valence-corrected chi connectivity index (χ4v) is 2.12. The summed E-state index contributed by atoms with van der Waals surface area (Å²) in [5, 5.41) is 4.29. The van der Waals surface area contributed by atoms with E-state index in [1.807, 2.05) is 22.9 Å². The predicted molar refractivity (Wildman–Crippen MR) is 62.6 cm³/mol. The molecule has 0 spiro atoms. The Hall–Kier alpha value is -1.88. The zero-order valence-corrected chi connectivity index (χ0v) is 9.41. The molecule has 0 saturated carbocycles. The third-order valence-corrected chi connectivity index (χ3v) is 2.97. The number of nitrogens with zero attached hydrogens (tertiary/aromatic N) is 3. The molecule has 2 N–H and O–H groups in total. The van der Waals surface area contributed by atoms with Gasteiger partial charge in [0.15, 0.2) is 5.82 Å². The Morgan fingerprint density at radius 3 is 3.12 bits per heavy atom. The minimum Gasteiger partial charge on any atom is -0.493 e. The summed E-state index contributed by atoms with van der Waals surface area (Å²) in [6.07, 6.45) is 1.73. The summed E-state index contributed by atoms with van der Waals surface area (Å²) in [5.41, 5.74) is 6.73. The minimum atomic E-state index is 0.346. The second-order valence-electron chi connectivity index (χ2n) is 4.13. The molecule has 0 amide bonds. The van der Waals surface area contributed by atoms with E-state index in [0.717, 1.165) is 12.3 Å². The van der Waals surface area contributed by atoms with Gasteiger partial charge in [-0.05, 0) is 6.07 Å². The molecule has 3 rings (SSSR count). The lowest BCUT2D eigenvalue weighted by Gasteiger charge is -2.07. The number of aromatic nitrogens is 3. The first kappa shape index (κ1) is 10.3. The van der Waals surface area contributed by atoms with Crippen LogP contribution in [0.25, 0.3) is 0 Å². The van der Waals surface area contributed by atoms with Gasteiger partial charge in [0.1, 0.15) is 12.1 Å². The lowest BCUT2D eigenvalue weighted by Crippen LogP contribution is -2.11. The van der Waals surface area contributed by atoms with Crippen molar-refractivity contribution in [2.75, 3.05) is 6.61 Å². The first-order chi connectivity index (χ1) is 8.36. The van der Waals surface area contributed by atoms with Gasteiger partial charge in [0.25, 0.3) is 0 Å². The summed E-state index contributed by atoms with van der Waals surface area (Å²) in [5.74, 6) is 2.01. The van der Waals surface area contributed by atoms with E-state index in [9.17, 15) is 0 Å². The van der Waals surface area contributed by atoms with Crippen LogP contribution in [0.1, 0.15) is 17.3 Å². The van der Waals surface area contributed by atoms with Crippen molar-refractivity contribution in [3.8, 4) is 5.75 Å². The number of hydrogen-bond acceptors (Lipinski definition) is 4. The van der Waals surface area contributed by atoms with Crippen molar-refractivity contribution in [2.45, 2.75) is 19.0 Å². The Morgan fingerprint density at radius 2 is 2.29 bits per heavy atom. The Kier molecular flexibility index (Phi) is 2.53. The van der Waals surface area contributed by atoms with Crippen LogP contribution in [0.2, 0.25) is 0 Å². The van der Waals surface area contributed by atoms with Gasteiger partial charge in [0, 0.05) is 11.5 Å². The van der Waals surface area contributed by atoms with Crippen LogP contribution in [-0.2, 0) is 13.1 Å². The maximum atomic E-state index is 5.63. The van der Waals surface area contributed by atoms with Crippen LogP contribution in [-0.4, -0.2) is 21.4 Å². The summed E-state index contributed by atoms with van der Waals surface area (Å²) in [6.45, 7) is 1.87. The number of rotatable bonds is 3. The van der Waals surface area contributed by atoms with E-state index in [0.29, 0.717) is 24.9 Å². The number of ether oxygens (including phenoxy) is 1. The van der Waals surface area contributed by atoms with Crippen LogP contribution in [0, 0.1) is 0 Å². The molecular formula is C12H14N4O. The molecule has 0 fully saturated rings. The summed E-state index contributed by atoms with van der Waals surface area (Å²) in [4.78, 5) is 4.12. The van der Waals surface area contributed by atoms with E-state index >= 15 is 0 Å². The Morgan fingerprint density at radius 1 is 1.41 bits per heavy atom. The van der Waals surface area contributed by atoms with Gasteiger partial charge in [-0.25, -0.2) is 4.98 Å². The summed E-state index contributed by atoms with van der Waals surface area (Å²) < 4.78 is 7.46. The van der Waals surface area contributed by atoms with Crippen molar-refractivity contribution in [3.63, 3.8) is 0 Å². The molecule has 88 valence electrons. The summed E-state index contributed by atoms with van der Waals surface area (Å²) >= 11 is 0. The van der Waals surface area contributed by atoms with E-state index in [1.165, 1.54) is 5.56 Å². The standard InChI is InChI=1S/C12H14N4O/c13-5-12-14-8-16(15-12)6-9-7-17-11-4-2-1-3-10(9)11/h1-4,8-9H,5-7,13H2. The Labute approximate surface area is 99.2 Å². The van der Waals surface area contributed by atoms with Crippen LogP contribution in [0.4, 0.5) is 0 Å². The fraction of sp³-hybridized carbons (Fsp3) is 0.333. The monoisotopic (exact) mass is 230 g/mol. The van der Waals surface area contributed by atoms with E-state index in [-0.39, 0.29) is 0 Å². The zero-order valence-electron chi connectivity index (χ0n) is 9.41. The highest BCUT2D eigenvalue weighted by molar-refractivity contribution is 5.39. The highest BCUT2D eigenvalue weighted by atomic mass is 16.5. The molecule has 1 unspecified atom stereocenters. The normalized spacial score (nSPS) is 17.8. The van der Waals surface area contributed by atoms with Crippen LogP contribution < -0.4 is 10.5 Å². The molecule has 1 atom stereocenters. The largest absolute Gasteiger partial charge is 0.493 e. The minimum absolute atomic E-state index is 0.346. The van der Waals surface area contributed by atoms with Gasteiger partial charge >= 0.3 is 0 Å². The Bertz CT molecular complexity index is 523. The average molecular weight is 230 g/mol. The molecule has 2 aromatic rings. The van der Waals surface area contributed by atoms with Gasteiger partial charge in [-0.3, -0.25) is 4.68 Å². The molecule has 0 saturated heterocycles. The van der Waals surface area contributed by atoms with Crippen LogP contribution in [0.5, 0.6) is 5.75 Å². The summed E-state index contributed by atoms with van der Waals surface area (Å²) in [7, 11) is 0. The first-order valence-corrected chi connectivity index (χ1v) is 5.67. The SMILES string of the molecule is NCc1ncn(CC2COc3ccccc32)n1. The highest BCUT2D eigenvalue weighted by Crippen LogP contribution is 2.34. The van der Waals surface area contributed by atoms with Crippen LogP contribution in [0.15, 0.2) is 30.6 Å². The molecule has 5 heteroatoms. The lowest BCUT2D eigenvalue weighted by molar-refractivity contribution is 0.314. The second-order valence-corrected chi connectivity index (χ2v) is 4.13. The van der Waals surface area contributed by atoms with E-state index in [1.54, 1.807) is 6.33 Å².